The number of hydrogen-bond acceptors (Lipinski definition) is 3. The summed E-state index contributed by atoms with van der Waals surface area (Å²) in [6.45, 7) is 4.28. The van der Waals surface area contributed by atoms with Gasteiger partial charge in [-0.3, -0.25) is 4.98 Å². The van der Waals surface area contributed by atoms with Gasteiger partial charge >= 0.3 is 0 Å². The van der Waals surface area contributed by atoms with Crippen molar-refractivity contribution in [2.24, 2.45) is 0 Å². The van der Waals surface area contributed by atoms with E-state index in [0.29, 0.717) is 0 Å². The highest BCUT2D eigenvalue weighted by molar-refractivity contribution is 7.15. The molecule has 2 rings (SSSR count). The third-order valence-electron chi connectivity index (χ3n) is 2.28. The lowest BCUT2D eigenvalue weighted by molar-refractivity contribution is 0.925. The zero-order chi connectivity index (χ0) is 10.7. The molecule has 3 heteroatoms. The predicted molar refractivity (Wildman–Crippen MR) is 64.1 cm³/mol. The average molecular weight is 218 g/mol. The fraction of sp³-hybridized carbons (Fsp3) is 0.333. The van der Waals surface area contributed by atoms with Gasteiger partial charge in [0.05, 0.1) is 5.69 Å². The summed E-state index contributed by atoms with van der Waals surface area (Å²) in [7, 11) is 0. The second kappa shape index (κ2) is 4.53. The molecule has 78 valence electrons. The van der Waals surface area contributed by atoms with Crippen molar-refractivity contribution in [2.45, 2.75) is 26.7 Å². The summed E-state index contributed by atoms with van der Waals surface area (Å²) in [5.74, 6) is 0. The zero-order valence-corrected chi connectivity index (χ0v) is 9.84. The third kappa shape index (κ3) is 2.23. The van der Waals surface area contributed by atoms with Gasteiger partial charge in [0.25, 0.3) is 0 Å². The number of aromatic nitrogens is 2. The summed E-state index contributed by atoms with van der Waals surface area (Å²) in [5, 5.41) is 1.09. The smallest absolute Gasteiger partial charge is 0.125 e. The van der Waals surface area contributed by atoms with E-state index in [1.807, 2.05) is 12.3 Å². The summed E-state index contributed by atoms with van der Waals surface area (Å²) in [6.07, 6.45) is 5.96. The number of pyridine rings is 1. The molecule has 0 spiro atoms. The Hall–Kier alpha value is -1.22. The first-order chi connectivity index (χ1) is 7.31. The quantitative estimate of drug-likeness (QED) is 0.788. The molecule has 0 N–H and O–H groups in total. The Kier molecular flexibility index (Phi) is 3.11. The largest absolute Gasteiger partial charge is 0.264 e. The first-order valence-electron chi connectivity index (χ1n) is 5.18. The monoisotopic (exact) mass is 218 g/mol. The van der Waals surface area contributed by atoms with Gasteiger partial charge in [-0.2, -0.15) is 0 Å². The first-order valence-corrected chi connectivity index (χ1v) is 5.99. The maximum absolute atomic E-state index is 4.58. The summed E-state index contributed by atoms with van der Waals surface area (Å²) in [4.78, 5) is 10.1. The van der Waals surface area contributed by atoms with Crippen LogP contribution in [0.4, 0.5) is 0 Å². The van der Waals surface area contributed by atoms with E-state index in [1.165, 1.54) is 17.0 Å². The van der Waals surface area contributed by atoms with Gasteiger partial charge in [-0.05, 0) is 25.5 Å². The van der Waals surface area contributed by atoms with E-state index in [4.69, 9.17) is 0 Å². The van der Waals surface area contributed by atoms with Gasteiger partial charge in [0.1, 0.15) is 5.01 Å². The second-order valence-corrected chi connectivity index (χ2v) is 4.60. The Morgan fingerprint density at radius 1 is 1.40 bits per heavy atom. The first kappa shape index (κ1) is 10.3. The molecule has 0 aliphatic carbocycles. The fourth-order valence-corrected chi connectivity index (χ4v) is 2.65. The van der Waals surface area contributed by atoms with Crippen LogP contribution in [0.25, 0.3) is 10.6 Å². The highest BCUT2D eigenvalue weighted by atomic mass is 32.1. The van der Waals surface area contributed by atoms with Crippen LogP contribution in [-0.2, 0) is 6.42 Å². The maximum atomic E-state index is 4.58. The molecule has 0 bridgehead atoms. The van der Waals surface area contributed by atoms with Crippen molar-refractivity contribution in [3.63, 3.8) is 0 Å². The SMILES string of the molecule is CCCc1sc(-c2cccnc2)nc1C. The van der Waals surface area contributed by atoms with Crippen LogP contribution < -0.4 is 0 Å². The van der Waals surface area contributed by atoms with Crippen molar-refractivity contribution < 1.29 is 0 Å². The average Bonchev–Trinajstić information content (AvgIpc) is 2.63. The molecule has 0 amide bonds. The lowest BCUT2D eigenvalue weighted by Gasteiger charge is -1.92. The van der Waals surface area contributed by atoms with Crippen molar-refractivity contribution in [3.8, 4) is 10.6 Å². The van der Waals surface area contributed by atoms with Gasteiger partial charge in [0, 0.05) is 22.8 Å². The molecule has 0 unspecified atom stereocenters. The molecule has 0 radical (unpaired) electrons. The molecule has 0 aromatic carbocycles. The summed E-state index contributed by atoms with van der Waals surface area (Å²) in [6, 6.07) is 4.01. The highest BCUT2D eigenvalue weighted by Gasteiger charge is 2.08. The van der Waals surface area contributed by atoms with Crippen molar-refractivity contribution in [2.75, 3.05) is 0 Å². The Bertz CT molecular complexity index is 434. The third-order valence-corrected chi connectivity index (χ3v) is 3.54. The van der Waals surface area contributed by atoms with Crippen LogP contribution in [0.1, 0.15) is 23.9 Å². The van der Waals surface area contributed by atoms with E-state index < -0.39 is 0 Å². The predicted octanol–water partition coefficient (Wildman–Crippen LogP) is 3.47. The Morgan fingerprint density at radius 2 is 2.27 bits per heavy atom. The van der Waals surface area contributed by atoms with E-state index >= 15 is 0 Å². The van der Waals surface area contributed by atoms with E-state index in [9.17, 15) is 0 Å². The fourth-order valence-electron chi connectivity index (χ4n) is 1.50. The van der Waals surface area contributed by atoms with E-state index in [2.05, 4.69) is 29.9 Å². The van der Waals surface area contributed by atoms with Crippen LogP contribution in [0.15, 0.2) is 24.5 Å². The van der Waals surface area contributed by atoms with Gasteiger partial charge in [-0.1, -0.05) is 13.3 Å². The van der Waals surface area contributed by atoms with Crippen molar-refractivity contribution in [1.82, 2.24) is 9.97 Å². The molecule has 0 fully saturated rings. The molecule has 2 aromatic heterocycles. The number of rotatable bonds is 3. The Labute approximate surface area is 94.0 Å². The molecule has 2 nitrogen and oxygen atoms in total. The molecule has 0 atom stereocenters. The summed E-state index contributed by atoms with van der Waals surface area (Å²) in [5.41, 5.74) is 2.29. The molecular weight excluding hydrogens is 204 g/mol. The normalized spacial score (nSPS) is 10.5. The molecule has 0 aliphatic rings. The van der Waals surface area contributed by atoms with Gasteiger partial charge in [-0.25, -0.2) is 4.98 Å². The molecule has 2 aromatic rings. The van der Waals surface area contributed by atoms with Gasteiger partial charge in [-0.15, -0.1) is 11.3 Å². The van der Waals surface area contributed by atoms with Crippen LogP contribution in [0.5, 0.6) is 0 Å². The number of nitrogens with zero attached hydrogens (tertiary/aromatic N) is 2. The zero-order valence-electron chi connectivity index (χ0n) is 9.03. The number of hydrogen-bond donors (Lipinski definition) is 0. The molecule has 0 saturated heterocycles. The molecular formula is C12H14N2S. The van der Waals surface area contributed by atoms with Gasteiger partial charge < -0.3 is 0 Å². The molecule has 0 saturated carbocycles. The molecule has 0 aliphatic heterocycles. The van der Waals surface area contributed by atoms with Gasteiger partial charge in [0.2, 0.25) is 0 Å². The van der Waals surface area contributed by atoms with Crippen molar-refractivity contribution in [3.05, 3.63) is 35.1 Å². The maximum Gasteiger partial charge on any atom is 0.125 e. The number of aryl methyl sites for hydroxylation is 2. The van der Waals surface area contributed by atoms with Crippen LogP contribution in [0.2, 0.25) is 0 Å². The van der Waals surface area contributed by atoms with Crippen LogP contribution >= 0.6 is 11.3 Å². The Morgan fingerprint density at radius 3 is 2.93 bits per heavy atom. The minimum absolute atomic E-state index is 1.09. The highest BCUT2D eigenvalue weighted by Crippen LogP contribution is 2.27. The standard InChI is InChI=1S/C12H14N2S/c1-3-5-11-9(2)14-12(15-11)10-6-4-7-13-8-10/h4,6-8H,3,5H2,1-2H3. The topological polar surface area (TPSA) is 25.8 Å². The van der Waals surface area contributed by atoms with E-state index in [0.717, 1.165) is 17.0 Å². The van der Waals surface area contributed by atoms with Crippen molar-refractivity contribution in [1.29, 1.82) is 0 Å². The van der Waals surface area contributed by atoms with Crippen LogP contribution in [-0.4, -0.2) is 9.97 Å². The molecule has 15 heavy (non-hydrogen) atoms. The van der Waals surface area contributed by atoms with Crippen LogP contribution in [0, 0.1) is 6.92 Å². The summed E-state index contributed by atoms with van der Waals surface area (Å²) < 4.78 is 0. The Balaban J connectivity index is 2.34. The lowest BCUT2D eigenvalue weighted by atomic mass is 10.2. The van der Waals surface area contributed by atoms with Crippen molar-refractivity contribution >= 4 is 11.3 Å². The van der Waals surface area contributed by atoms with E-state index in [1.54, 1.807) is 17.5 Å². The minimum Gasteiger partial charge on any atom is -0.264 e. The number of thiazole rings is 1. The van der Waals surface area contributed by atoms with Gasteiger partial charge in [0.15, 0.2) is 0 Å². The second-order valence-electron chi connectivity index (χ2n) is 3.52. The molecule has 2 heterocycles. The minimum atomic E-state index is 1.09. The van der Waals surface area contributed by atoms with E-state index in [-0.39, 0.29) is 0 Å². The lowest BCUT2D eigenvalue weighted by Crippen LogP contribution is -1.81. The van der Waals surface area contributed by atoms with Crippen LogP contribution in [0.3, 0.4) is 0 Å². The summed E-state index contributed by atoms with van der Waals surface area (Å²) >= 11 is 1.79.